The maximum absolute atomic E-state index is 8.66. The molecule has 56 valence electrons. The number of phosphoric acid groups is 1. The third kappa shape index (κ3) is 165. The smallest absolute Gasteiger partial charge is 1.00 e. The van der Waals surface area contributed by atoms with Crippen LogP contribution >= 0.6 is 7.82 Å². The van der Waals surface area contributed by atoms with Gasteiger partial charge in [0.15, 0.2) is 0 Å². The molecule has 9 heteroatoms. The summed E-state index contributed by atoms with van der Waals surface area (Å²) in [6, 6.07) is 0. The molecule has 0 aromatic carbocycles. The molecule has 9 heavy (non-hydrogen) atoms. The van der Waals surface area contributed by atoms with Crippen molar-refractivity contribution in [1.29, 1.82) is 0 Å². The van der Waals surface area contributed by atoms with Crippen molar-refractivity contribution in [2.24, 2.45) is 0 Å². The second kappa shape index (κ2) is 12.6. The minimum atomic E-state index is -5.14. The summed E-state index contributed by atoms with van der Waals surface area (Å²) in [5.74, 6) is 0. The molecule has 0 saturated heterocycles. The molecule has 0 fully saturated rings. The van der Waals surface area contributed by atoms with Crippen LogP contribution in [0, 0.1) is 0 Å². The Labute approximate surface area is 102 Å². The largest absolute Gasteiger partial charge is 1.00 e. The van der Waals surface area contributed by atoms with E-state index in [2.05, 4.69) is 0 Å². The average molecular weight is 207 g/mol. The van der Waals surface area contributed by atoms with E-state index in [0.29, 0.717) is 0 Å². The summed E-state index contributed by atoms with van der Waals surface area (Å²) in [5.41, 5.74) is 0. The van der Waals surface area contributed by atoms with Crippen molar-refractivity contribution in [2.45, 2.75) is 0 Å². The van der Waals surface area contributed by atoms with Crippen LogP contribution in [0.1, 0.15) is 0 Å². The summed E-state index contributed by atoms with van der Waals surface area (Å²) in [4.78, 5) is 24.3. The average Bonchev–Trinajstić information content (AvgIpc) is 0.722. The van der Waals surface area contributed by atoms with Gasteiger partial charge >= 0.3 is 51.4 Å². The minimum absolute atomic E-state index is 0. The van der Waals surface area contributed by atoms with E-state index in [1.165, 1.54) is 0 Å². The zero-order valence-electron chi connectivity index (χ0n) is 5.50. The molecule has 0 aromatic heterocycles. The van der Waals surface area contributed by atoms with E-state index in [1.54, 1.807) is 0 Å². The normalized spacial score (nSPS) is 6.56. The summed E-state index contributed by atoms with van der Waals surface area (Å²) in [7, 11) is -5.14. The Morgan fingerprint density at radius 2 is 1.22 bits per heavy atom. The Hall–Kier alpha value is 1.96. The monoisotopic (exact) mass is 206 g/mol. The van der Waals surface area contributed by atoms with Crippen molar-refractivity contribution < 1.29 is 83.0 Å². The van der Waals surface area contributed by atoms with Gasteiger partial charge in [0.1, 0.15) is 0 Å². The number of quaternary nitrogens is 2. The van der Waals surface area contributed by atoms with Crippen molar-refractivity contribution in [3.63, 3.8) is 0 Å². The van der Waals surface area contributed by atoms with Crippen molar-refractivity contribution in [3.05, 3.63) is 0 Å². The van der Waals surface area contributed by atoms with Crippen LogP contribution in [0.15, 0.2) is 0 Å². The second-order valence-electron chi connectivity index (χ2n) is 0.469. The van der Waals surface area contributed by atoms with E-state index < -0.39 is 7.82 Å². The maximum atomic E-state index is 8.66. The van der Waals surface area contributed by atoms with Crippen LogP contribution in [0.3, 0.4) is 0 Å². The maximum Gasteiger partial charge on any atom is 1.00 e. The molecule has 9 N–H and O–H groups in total. The molecule has 0 heterocycles. The van der Waals surface area contributed by atoms with Gasteiger partial charge in [0.05, 0.1) is 7.82 Å². The molecule has 0 spiro atoms. The molecule has 0 aliphatic heterocycles. The first-order chi connectivity index (χ1) is 2.00. The molecule has 0 aliphatic rings. The molecule has 0 amide bonds. The van der Waals surface area contributed by atoms with Gasteiger partial charge in [-0.25, -0.2) is 0 Å². The van der Waals surface area contributed by atoms with Crippen LogP contribution in [-0.4, -0.2) is 4.89 Å². The van der Waals surface area contributed by atoms with Crippen LogP contribution in [-0.2, 0) is 4.57 Å². The fourth-order valence-corrected chi connectivity index (χ4v) is 0. The van der Waals surface area contributed by atoms with Gasteiger partial charge in [-0.15, -0.1) is 0 Å². The van der Waals surface area contributed by atoms with Gasteiger partial charge in [0, 0.05) is 0 Å². The SMILES string of the molecule is O=P([O-])([O-])O.[Cl-].[K+].[NH4+].[NH4+]. The molecule has 0 radical (unpaired) electrons. The van der Waals surface area contributed by atoms with Crippen molar-refractivity contribution in [3.8, 4) is 0 Å². The predicted molar refractivity (Wildman–Crippen MR) is 21.8 cm³/mol. The first kappa shape index (κ1) is 30.6. The van der Waals surface area contributed by atoms with E-state index in [0.717, 1.165) is 0 Å². The van der Waals surface area contributed by atoms with Crippen LogP contribution in [0.4, 0.5) is 0 Å². The summed E-state index contributed by atoms with van der Waals surface area (Å²) in [6.07, 6.45) is 0. The molecular weight excluding hydrogens is 198 g/mol. The number of hydrogen-bond donors (Lipinski definition) is 3. The summed E-state index contributed by atoms with van der Waals surface area (Å²) in [6.45, 7) is 0. The Kier molecular flexibility index (Phi) is 42.9. The third-order valence-corrected chi connectivity index (χ3v) is 0. The van der Waals surface area contributed by atoms with Crippen molar-refractivity contribution in [2.75, 3.05) is 0 Å². The summed E-state index contributed by atoms with van der Waals surface area (Å²) < 4.78 is 8.66. The number of hydrogen-bond acceptors (Lipinski definition) is 3. The van der Waals surface area contributed by atoms with Crippen LogP contribution in [0.5, 0.6) is 0 Å². The molecule has 0 unspecified atom stereocenters. The van der Waals surface area contributed by atoms with Gasteiger partial charge in [-0.3, -0.25) is 0 Å². The summed E-state index contributed by atoms with van der Waals surface area (Å²) in [5, 5.41) is 0. The van der Waals surface area contributed by atoms with Gasteiger partial charge in [0.25, 0.3) is 0 Å². The van der Waals surface area contributed by atoms with Crippen molar-refractivity contribution >= 4 is 7.82 Å². The quantitative estimate of drug-likeness (QED) is 0.266. The zero-order chi connectivity index (χ0) is 4.50. The van der Waals surface area contributed by atoms with E-state index in [9.17, 15) is 0 Å². The zero-order valence-corrected chi connectivity index (χ0v) is 10.3. The third-order valence-electron chi connectivity index (χ3n) is 0. The Bertz CT molecular complexity index is 64.7. The molecule has 6 nitrogen and oxygen atoms in total. The molecule has 0 atom stereocenters. The molecular formula is H9ClKN2O4P. The Morgan fingerprint density at radius 3 is 1.22 bits per heavy atom. The van der Waals surface area contributed by atoms with E-state index >= 15 is 0 Å². The van der Waals surface area contributed by atoms with Crippen LogP contribution < -0.4 is 85.9 Å². The number of halogens is 1. The van der Waals surface area contributed by atoms with Gasteiger partial charge < -0.3 is 44.0 Å². The van der Waals surface area contributed by atoms with Gasteiger partial charge in [-0.2, -0.15) is 0 Å². The van der Waals surface area contributed by atoms with Crippen LogP contribution in [0.25, 0.3) is 0 Å². The Morgan fingerprint density at radius 1 is 1.22 bits per heavy atom. The Balaban J connectivity index is -0.0000000133. The van der Waals surface area contributed by atoms with E-state index in [-0.39, 0.29) is 76.1 Å². The fraction of sp³-hybridized carbons (Fsp3) is 0. The molecule has 0 aromatic rings. The molecule has 0 rings (SSSR count). The first-order valence-electron chi connectivity index (χ1n) is 0.748. The van der Waals surface area contributed by atoms with Gasteiger partial charge in [0.2, 0.25) is 0 Å². The summed E-state index contributed by atoms with van der Waals surface area (Å²) >= 11 is 0. The van der Waals surface area contributed by atoms with Gasteiger partial charge in [-0.05, 0) is 0 Å². The van der Waals surface area contributed by atoms with E-state index in [4.69, 9.17) is 19.2 Å². The minimum Gasteiger partial charge on any atom is -1.00 e. The molecule has 0 saturated carbocycles. The second-order valence-corrected chi connectivity index (χ2v) is 1.41. The standard InChI is InChI=1S/ClH.K.2H3N.H3O4P/c;;;;1-5(2,3)4/h1H;;2*1H3;(H3,1,2,3,4)/q;+1;;;/p-1. The molecule has 0 aliphatic carbocycles. The fourth-order valence-electron chi connectivity index (χ4n) is 0. The van der Waals surface area contributed by atoms with E-state index in [1.807, 2.05) is 0 Å². The molecule has 0 bridgehead atoms. The van der Waals surface area contributed by atoms with Crippen molar-refractivity contribution in [1.82, 2.24) is 12.3 Å². The first-order valence-corrected chi connectivity index (χ1v) is 2.24. The van der Waals surface area contributed by atoms with Crippen LogP contribution in [0.2, 0.25) is 0 Å². The predicted octanol–water partition coefficient (Wildman–Crippen LogP) is -7.43. The topological polar surface area (TPSA) is 156 Å². The van der Waals surface area contributed by atoms with Gasteiger partial charge in [-0.1, -0.05) is 0 Å². The number of rotatable bonds is 0.